The number of hydrogen-bond donors (Lipinski definition) is 1. The Labute approximate surface area is 117 Å². The molecule has 0 aliphatic heterocycles. The smallest absolute Gasteiger partial charge is 0.316 e. The fourth-order valence-electron chi connectivity index (χ4n) is 1.99. The summed E-state index contributed by atoms with van der Waals surface area (Å²) in [6.07, 6.45) is 0. The van der Waals surface area contributed by atoms with Crippen molar-refractivity contribution in [1.82, 2.24) is 9.97 Å². The second kappa shape index (κ2) is 5.24. The Bertz CT molecular complexity index is 683. The zero-order chi connectivity index (χ0) is 14.9. The first-order chi connectivity index (χ1) is 9.43. The Hall–Kier alpha value is -2.50. The average Bonchev–Trinajstić information content (AvgIpc) is 2.40. The predicted molar refractivity (Wildman–Crippen MR) is 77.9 cm³/mol. The second-order valence-electron chi connectivity index (χ2n) is 4.64. The Morgan fingerprint density at radius 3 is 2.40 bits per heavy atom. The summed E-state index contributed by atoms with van der Waals surface area (Å²) in [4.78, 5) is 19.2. The number of anilines is 1. The van der Waals surface area contributed by atoms with Gasteiger partial charge in [-0.15, -0.1) is 0 Å². The van der Waals surface area contributed by atoms with Crippen molar-refractivity contribution in [3.8, 4) is 11.3 Å². The molecule has 0 saturated carbocycles. The van der Waals surface area contributed by atoms with Crippen LogP contribution in [0.25, 0.3) is 11.3 Å². The van der Waals surface area contributed by atoms with Crippen molar-refractivity contribution < 1.29 is 4.92 Å². The van der Waals surface area contributed by atoms with Gasteiger partial charge in [0.2, 0.25) is 5.95 Å². The molecule has 0 amide bonds. The van der Waals surface area contributed by atoms with Crippen molar-refractivity contribution in [1.29, 1.82) is 0 Å². The lowest BCUT2D eigenvalue weighted by molar-refractivity contribution is -0.385. The van der Waals surface area contributed by atoms with Crippen LogP contribution in [0.15, 0.2) is 18.2 Å². The number of nitrogens with zero attached hydrogens (tertiary/aromatic N) is 3. The summed E-state index contributed by atoms with van der Waals surface area (Å²) in [5, 5.41) is 14.1. The normalized spacial score (nSPS) is 10.4. The number of benzene rings is 1. The molecule has 0 atom stereocenters. The van der Waals surface area contributed by atoms with Gasteiger partial charge in [0, 0.05) is 12.6 Å². The number of hydrogen-bond acceptors (Lipinski definition) is 5. The molecule has 1 heterocycles. The molecule has 0 spiro atoms. The Morgan fingerprint density at radius 1 is 1.15 bits per heavy atom. The summed E-state index contributed by atoms with van der Waals surface area (Å²) in [5.74, 6) is 0.376. The van der Waals surface area contributed by atoms with Gasteiger partial charge in [-0.1, -0.05) is 12.1 Å². The van der Waals surface area contributed by atoms with E-state index in [9.17, 15) is 10.1 Å². The molecule has 0 unspecified atom stereocenters. The van der Waals surface area contributed by atoms with Crippen LogP contribution in [0.1, 0.15) is 16.8 Å². The highest BCUT2D eigenvalue weighted by Gasteiger charge is 2.23. The van der Waals surface area contributed by atoms with Crippen molar-refractivity contribution in [2.24, 2.45) is 0 Å². The van der Waals surface area contributed by atoms with E-state index in [0.29, 0.717) is 17.3 Å². The third-order valence-corrected chi connectivity index (χ3v) is 3.24. The third-order valence-electron chi connectivity index (χ3n) is 3.24. The third kappa shape index (κ3) is 2.45. The van der Waals surface area contributed by atoms with Crippen LogP contribution in [0.3, 0.4) is 0 Å². The molecule has 0 radical (unpaired) electrons. The fourth-order valence-corrected chi connectivity index (χ4v) is 1.99. The van der Waals surface area contributed by atoms with Crippen molar-refractivity contribution in [2.45, 2.75) is 20.8 Å². The molecule has 104 valence electrons. The summed E-state index contributed by atoms with van der Waals surface area (Å²) in [6.45, 7) is 5.58. The van der Waals surface area contributed by atoms with Gasteiger partial charge in [0.25, 0.3) is 0 Å². The van der Waals surface area contributed by atoms with Gasteiger partial charge in [0.05, 0.1) is 4.92 Å². The molecule has 1 aromatic carbocycles. The average molecular weight is 272 g/mol. The molecule has 20 heavy (non-hydrogen) atoms. The molecule has 2 rings (SSSR count). The minimum atomic E-state index is -0.431. The zero-order valence-electron chi connectivity index (χ0n) is 11.9. The van der Waals surface area contributed by atoms with Crippen LogP contribution >= 0.6 is 0 Å². The molecule has 0 bridgehead atoms. The van der Waals surface area contributed by atoms with Gasteiger partial charge in [-0.2, -0.15) is 0 Å². The topological polar surface area (TPSA) is 81.0 Å². The largest absolute Gasteiger partial charge is 0.357 e. The molecular formula is C14H16N4O2. The lowest BCUT2D eigenvalue weighted by Crippen LogP contribution is -2.05. The van der Waals surface area contributed by atoms with E-state index in [1.165, 1.54) is 0 Å². The van der Waals surface area contributed by atoms with Crippen LogP contribution in [0, 0.1) is 30.9 Å². The van der Waals surface area contributed by atoms with Gasteiger partial charge in [0.1, 0.15) is 5.69 Å². The van der Waals surface area contributed by atoms with Crippen molar-refractivity contribution in [2.75, 3.05) is 12.4 Å². The van der Waals surface area contributed by atoms with Crippen LogP contribution in [-0.4, -0.2) is 21.9 Å². The van der Waals surface area contributed by atoms with E-state index in [-0.39, 0.29) is 5.69 Å². The number of nitrogens with one attached hydrogen (secondary N) is 1. The highest BCUT2D eigenvalue weighted by atomic mass is 16.6. The molecule has 0 saturated heterocycles. The molecule has 2 aromatic rings. The minimum absolute atomic E-state index is 0.0488. The van der Waals surface area contributed by atoms with Crippen LogP contribution in [0.2, 0.25) is 0 Å². The summed E-state index contributed by atoms with van der Waals surface area (Å²) >= 11 is 0. The van der Waals surface area contributed by atoms with E-state index >= 15 is 0 Å². The first-order valence-corrected chi connectivity index (χ1v) is 6.22. The standard InChI is InChI=1S/C14H16N4O2/c1-8-5-6-11(7-9(8)2)12-13(18(19)20)10(3)16-14(15-4)17-12/h5-7H,1-4H3,(H,15,16,17). The Balaban J connectivity index is 2.73. The molecule has 0 aliphatic carbocycles. The molecule has 0 aliphatic rings. The molecule has 6 heteroatoms. The number of aromatic nitrogens is 2. The van der Waals surface area contributed by atoms with Crippen LogP contribution < -0.4 is 5.32 Å². The van der Waals surface area contributed by atoms with Gasteiger partial charge in [-0.05, 0) is 38.0 Å². The van der Waals surface area contributed by atoms with Gasteiger partial charge < -0.3 is 5.32 Å². The first-order valence-electron chi connectivity index (χ1n) is 6.22. The maximum absolute atomic E-state index is 11.3. The zero-order valence-corrected chi connectivity index (χ0v) is 11.9. The van der Waals surface area contributed by atoms with Crippen molar-refractivity contribution in [3.63, 3.8) is 0 Å². The lowest BCUT2D eigenvalue weighted by atomic mass is 10.0. The quantitative estimate of drug-likeness (QED) is 0.686. The van der Waals surface area contributed by atoms with Crippen molar-refractivity contribution in [3.05, 3.63) is 45.1 Å². The Morgan fingerprint density at radius 2 is 1.85 bits per heavy atom. The van der Waals surface area contributed by atoms with Gasteiger partial charge in [-0.25, -0.2) is 9.97 Å². The van der Waals surface area contributed by atoms with E-state index < -0.39 is 4.92 Å². The maximum Gasteiger partial charge on any atom is 0.316 e. The summed E-state index contributed by atoms with van der Waals surface area (Å²) in [5.41, 5.74) is 3.57. The van der Waals surface area contributed by atoms with E-state index in [1.54, 1.807) is 14.0 Å². The summed E-state index contributed by atoms with van der Waals surface area (Å²) < 4.78 is 0. The van der Waals surface area contributed by atoms with Gasteiger partial charge in [-0.3, -0.25) is 10.1 Å². The van der Waals surface area contributed by atoms with E-state index in [2.05, 4.69) is 15.3 Å². The second-order valence-corrected chi connectivity index (χ2v) is 4.64. The maximum atomic E-state index is 11.3. The van der Waals surface area contributed by atoms with E-state index in [0.717, 1.165) is 16.7 Å². The highest BCUT2D eigenvalue weighted by molar-refractivity contribution is 5.72. The molecule has 0 fully saturated rings. The number of nitro groups is 1. The Kier molecular flexibility index (Phi) is 3.65. The monoisotopic (exact) mass is 272 g/mol. The fraction of sp³-hybridized carbons (Fsp3) is 0.286. The first kappa shape index (κ1) is 13.9. The van der Waals surface area contributed by atoms with Crippen LogP contribution in [0.4, 0.5) is 11.6 Å². The van der Waals surface area contributed by atoms with E-state index in [4.69, 9.17) is 0 Å². The number of aryl methyl sites for hydroxylation is 3. The van der Waals surface area contributed by atoms with Gasteiger partial charge >= 0.3 is 5.69 Å². The van der Waals surface area contributed by atoms with Gasteiger partial charge in [0.15, 0.2) is 5.69 Å². The predicted octanol–water partition coefficient (Wildman–Crippen LogP) is 3.02. The molecule has 6 nitrogen and oxygen atoms in total. The van der Waals surface area contributed by atoms with E-state index in [1.807, 2.05) is 32.0 Å². The molecular weight excluding hydrogens is 256 g/mol. The number of rotatable bonds is 3. The highest BCUT2D eigenvalue weighted by Crippen LogP contribution is 2.32. The summed E-state index contributed by atoms with van der Waals surface area (Å²) in [6, 6.07) is 5.69. The van der Waals surface area contributed by atoms with Crippen molar-refractivity contribution >= 4 is 11.6 Å². The lowest BCUT2D eigenvalue weighted by Gasteiger charge is -2.09. The molecule has 1 aromatic heterocycles. The SMILES string of the molecule is CNc1nc(C)c([N+](=O)[O-])c(-c2ccc(C)c(C)c2)n1. The van der Waals surface area contributed by atoms with Crippen LogP contribution in [0.5, 0.6) is 0 Å². The minimum Gasteiger partial charge on any atom is -0.357 e. The summed E-state index contributed by atoms with van der Waals surface area (Å²) in [7, 11) is 1.69. The van der Waals surface area contributed by atoms with Crippen LogP contribution in [-0.2, 0) is 0 Å². The molecule has 1 N–H and O–H groups in total.